The SMILES string of the molecule is O=C(/C=C/c1cn(-c2ccccc2)nc1-c1ccc(F)cc1)NCc1ccc(N2CCOCC2)nc1. The Morgan fingerprint density at radius 3 is 2.53 bits per heavy atom. The second-order valence-corrected chi connectivity index (χ2v) is 8.40. The molecule has 4 aromatic rings. The zero-order valence-corrected chi connectivity index (χ0v) is 19.7. The molecule has 36 heavy (non-hydrogen) atoms. The third-order valence-electron chi connectivity index (χ3n) is 5.91. The summed E-state index contributed by atoms with van der Waals surface area (Å²) in [5.41, 5.74) is 3.97. The minimum atomic E-state index is -0.315. The molecule has 1 amide bonds. The predicted molar refractivity (Wildman–Crippen MR) is 137 cm³/mol. The Hall–Kier alpha value is -4.30. The number of para-hydroxylation sites is 1. The molecule has 0 radical (unpaired) electrons. The molecule has 0 spiro atoms. The number of pyridine rings is 1. The van der Waals surface area contributed by atoms with Crippen LogP contribution in [0.2, 0.25) is 0 Å². The van der Waals surface area contributed by atoms with Crippen LogP contribution in [0, 0.1) is 5.82 Å². The summed E-state index contributed by atoms with van der Waals surface area (Å²) in [5, 5.41) is 7.59. The molecule has 8 heteroatoms. The number of nitrogens with zero attached hydrogens (tertiary/aromatic N) is 4. The Morgan fingerprint density at radius 1 is 1.03 bits per heavy atom. The van der Waals surface area contributed by atoms with E-state index in [9.17, 15) is 9.18 Å². The number of hydrogen-bond donors (Lipinski definition) is 1. The van der Waals surface area contributed by atoms with Crippen molar-refractivity contribution in [1.82, 2.24) is 20.1 Å². The number of benzene rings is 2. The van der Waals surface area contributed by atoms with E-state index in [4.69, 9.17) is 4.74 Å². The van der Waals surface area contributed by atoms with Crippen LogP contribution in [0.5, 0.6) is 0 Å². The van der Waals surface area contributed by atoms with Crippen molar-refractivity contribution in [2.45, 2.75) is 6.54 Å². The average Bonchev–Trinajstić information content (AvgIpc) is 3.37. The van der Waals surface area contributed by atoms with Gasteiger partial charge in [0.05, 0.1) is 24.6 Å². The summed E-state index contributed by atoms with van der Waals surface area (Å²) < 4.78 is 20.6. The van der Waals surface area contributed by atoms with Crippen LogP contribution < -0.4 is 10.2 Å². The number of amides is 1. The van der Waals surface area contributed by atoms with E-state index in [1.807, 2.05) is 48.7 Å². The fraction of sp³-hybridized carbons (Fsp3) is 0.179. The van der Waals surface area contributed by atoms with Gasteiger partial charge in [-0.1, -0.05) is 24.3 Å². The van der Waals surface area contributed by atoms with E-state index in [1.165, 1.54) is 18.2 Å². The minimum absolute atomic E-state index is 0.232. The molecule has 3 heterocycles. The van der Waals surface area contributed by atoms with Gasteiger partial charge in [0.2, 0.25) is 5.91 Å². The maximum atomic E-state index is 13.5. The Morgan fingerprint density at radius 2 is 1.81 bits per heavy atom. The summed E-state index contributed by atoms with van der Waals surface area (Å²) in [6, 6.07) is 19.8. The van der Waals surface area contributed by atoms with Gasteiger partial charge in [-0.3, -0.25) is 4.79 Å². The van der Waals surface area contributed by atoms with Crippen molar-refractivity contribution in [3.05, 3.63) is 102 Å². The highest BCUT2D eigenvalue weighted by Gasteiger charge is 2.13. The minimum Gasteiger partial charge on any atom is -0.378 e. The topological polar surface area (TPSA) is 72.3 Å². The van der Waals surface area contributed by atoms with E-state index in [0.717, 1.165) is 41.3 Å². The summed E-state index contributed by atoms with van der Waals surface area (Å²) in [6.45, 7) is 3.44. The van der Waals surface area contributed by atoms with Crippen molar-refractivity contribution in [2.24, 2.45) is 0 Å². The average molecular weight is 484 g/mol. The maximum absolute atomic E-state index is 13.5. The fourth-order valence-electron chi connectivity index (χ4n) is 3.97. The van der Waals surface area contributed by atoms with Crippen molar-refractivity contribution < 1.29 is 13.9 Å². The predicted octanol–water partition coefficient (Wildman–Crippen LogP) is 4.24. The van der Waals surface area contributed by atoms with Crippen LogP contribution in [-0.4, -0.2) is 47.0 Å². The van der Waals surface area contributed by atoms with Crippen LogP contribution in [-0.2, 0) is 16.1 Å². The van der Waals surface area contributed by atoms with Gasteiger partial charge in [-0.2, -0.15) is 5.10 Å². The Balaban J connectivity index is 1.28. The van der Waals surface area contributed by atoms with Gasteiger partial charge in [0.1, 0.15) is 11.6 Å². The van der Waals surface area contributed by atoms with Gasteiger partial charge in [-0.05, 0) is 54.1 Å². The molecule has 0 bridgehead atoms. The number of anilines is 1. The van der Waals surface area contributed by atoms with E-state index in [2.05, 4.69) is 20.3 Å². The molecule has 182 valence electrons. The molecule has 1 saturated heterocycles. The number of ether oxygens (including phenoxy) is 1. The normalized spacial score (nSPS) is 13.8. The summed E-state index contributed by atoms with van der Waals surface area (Å²) in [6.07, 6.45) is 6.84. The first-order valence-electron chi connectivity index (χ1n) is 11.8. The highest BCUT2D eigenvalue weighted by Crippen LogP contribution is 2.25. The van der Waals surface area contributed by atoms with Gasteiger partial charge >= 0.3 is 0 Å². The molecule has 1 aliphatic heterocycles. The number of rotatable bonds is 7. The highest BCUT2D eigenvalue weighted by molar-refractivity contribution is 5.92. The number of carbonyl (C=O) groups excluding carboxylic acids is 1. The van der Waals surface area contributed by atoms with Crippen molar-refractivity contribution in [3.8, 4) is 16.9 Å². The highest BCUT2D eigenvalue weighted by atomic mass is 19.1. The molecule has 5 rings (SSSR count). The Kier molecular flexibility index (Phi) is 7.14. The van der Waals surface area contributed by atoms with E-state index in [-0.39, 0.29) is 11.7 Å². The number of aromatic nitrogens is 3. The monoisotopic (exact) mass is 483 g/mol. The number of hydrogen-bond acceptors (Lipinski definition) is 5. The Labute approximate surface area is 208 Å². The number of morpholine rings is 1. The quantitative estimate of drug-likeness (QED) is 0.398. The second-order valence-electron chi connectivity index (χ2n) is 8.40. The molecule has 2 aromatic carbocycles. The maximum Gasteiger partial charge on any atom is 0.244 e. The van der Waals surface area contributed by atoms with Crippen molar-refractivity contribution in [2.75, 3.05) is 31.2 Å². The molecule has 2 aromatic heterocycles. The van der Waals surface area contributed by atoms with Crippen LogP contribution in [0.1, 0.15) is 11.1 Å². The van der Waals surface area contributed by atoms with Crippen LogP contribution in [0.4, 0.5) is 10.2 Å². The van der Waals surface area contributed by atoms with E-state index in [0.29, 0.717) is 25.5 Å². The first-order valence-corrected chi connectivity index (χ1v) is 11.8. The van der Waals surface area contributed by atoms with Gasteiger partial charge in [-0.15, -0.1) is 0 Å². The third-order valence-corrected chi connectivity index (χ3v) is 5.91. The van der Waals surface area contributed by atoms with Crippen molar-refractivity contribution in [1.29, 1.82) is 0 Å². The number of halogens is 1. The lowest BCUT2D eigenvalue weighted by Gasteiger charge is -2.27. The first kappa shape index (κ1) is 23.4. The van der Waals surface area contributed by atoms with Gasteiger partial charge < -0.3 is 15.0 Å². The smallest absolute Gasteiger partial charge is 0.244 e. The van der Waals surface area contributed by atoms with Gasteiger partial charge in [0.15, 0.2) is 0 Å². The van der Waals surface area contributed by atoms with Gasteiger partial charge in [-0.25, -0.2) is 14.1 Å². The zero-order valence-electron chi connectivity index (χ0n) is 19.7. The van der Waals surface area contributed by atoms with Crippen LogP contribution >= 0.6 is 0 Å². The lowest BCUT2D eigenvalue weighted by Crippen LogP contribution is -2.36. The molecule has 1 N–H and O–H groups in total. The van der Waals surface area contributed by atoms with Gasteiger partial charge in [0, 0.05) is 49.2 Å². The van der Waals surface area contributed by atoms with E-state index in [1.54, 1.807) is 29.1 Å². The first-order chi connectivity index (χ1) is 17.7. The number of carbonyl (C=O) groups is 1. The van der Waals surface area contributed by atoms with E-state index >= 15 is 0 Å². The third kappa shape index (κ3) is 5.67. The Bertz CT molecular complexity index is 1330. The fourth-order valence-corrected chi connectivity index (χ4v) is 3.97. The van der Waals surface area contributed by atoms with Crippen LogP contribution in [0.15, 0.2) is 85.2 Å². The second kappa shape index (κ2) is 11.0. The number of nitrogens with one attached hydrogen (secondary N) is 1. The van der Waals surface area contributed by atoms with Crippen LogP contribution in [0.3, 0.4) is 0 Å². The largest absolute Gasteiger partial charge is 0.378 e. The van der Waals surface area contributed by atoms with Gasteiger partial charge in [0.25, 0.3) is 0 Å². The molecular formula is C28H26FN5O2. The summed E-state index contributed by atoms with van der Waals surface area (Å²) in [4.78, 5) is 19.3. The standard InChI is InChI=1S/C28H26FN5O2/c29-24-10-7-22(8-11-24)28-23(20-34(32-28)25-4-2-1-3-5-25)9-13-27(35)31-19-21-6-12-26(30-18-21)33-14-16-36-17-15-33/h1-13,18,20H,14-17,19H2,(H,31,35)/b13-9+. The molecule has 0 saturated carbocycles. The molecule has 1 fully saturated rings. The molecule has 7 nitrogen and oxygen atoms in total. The van der Waals surface area contributed by atoms with E-state index < -0.39 is 0 Å². The van der Waals surface area contributed by atoms with Crippen molar-refractivity contribution >= 4 is 17.8 Å². The molecule has 0 unspecified atom stereocenters. The summed E-state index contributed by atoms with van der Waals surface area (Å²) in [5.74, 6) is 0.368. The zero-order chi connectivity index (χ0) is 24.7. The molecule has 0 atom stereocenters. The van der Waals surface area contributed by atoms with Crippen LogP contribution in [0.25, 0.3) is 23.0 Å². The molecule has 1 aliphatic rings. The lowest BCUT2D eigenvalue weighted by molar-refractivity contribution is -0.116. The van der Waals surface area contributed by atoms with Crippen molar-refractivity contribution in [3.63, 3.8) is 0 Å². The lowest BCUT2D eigenvalue weighted by atomic mass is 10.1. The summed E-state index contributed by atoms with van der Waals surface area (Å²) >= 11 is 0. The molecular weight excluding hydrogens is 457 g/mol. The summed E-state index contributed by atoms with van der Waals surface area (Å²) in [7, 11) is 0. The molecule has 0 aliphatic carbocycles.